The highest BCUT2D eigenvalue weighted by molar-refractivity contribution is 5.77. The van der Waals surface area contributed by atoms with E-state index < -0.39 is 46.4 Å². The maximum atomic E-state index is 12.4. The highest BCUT2D eigenvalue weighted by Crippen LogP contribution is 2.14. The molecule has 0 atom stereocenters. The highest BCUT2D eigenvalue weighted by Gasteiger charge is 2.25. The summed E-state index contributed by atoms with van der Waals surface area (Å²) in [6.45, 7) is 43.8. The molecule has 102 heavy (non-hydrogen) atoms. The van der Waals surface area contributed by atoms with Crippen LogP contribution >= 0.6 is 0 Å². The van der Waals surface area contributed by atoms with Crippen LogP contribution < -0.4 is 0 Å². The summed E-state index contributed by atoms with van der Waals surface area (Å²) in [6.07, 6.45) is 0.948. The molecule has 0 aliphatic rings. The van der Waals surface area contributed by atoms with Crippen LogP contribution in [0.25, 0.3) is 0 Å². The van der Waals surface area contributed by atoms with Crippen molar-refractivity contribution < 1.29 is 148 Å². The number of nitrogens with zero attached hydrogens (tertiary/aromatic N) is 1. The second-order valence-corrected chi connectivity index (χ2v) is 26.7. The van der Waals surface area contributed by atoms with Crippen molar-refractivity contribution in [1.82, 2.24) is 4.90 Å². The molecule has 2 N–H and O–H groups in total. The quantitative estimate of drug-likeness (QED) is 0.0268. The summed E-state index contributed by atoms with van der Waals surface area (Å²) >= 11 is 0. The Morgan fingerprint density at radius 2 is 0.431 bits per heavy atom. The molecule has 0 bridgehead atoms. The second-order valence-electron chi connectivity index (χ2n) is 26.7. The first-order valence-corrected chi connectivity index (χ1v) is 35.6. The maximum Gasteiger partial charge on any atom is 0.519 e. The normalized spacial score (nSPS) is 11.9. The van der Waals surface area contributed by atoms with Gasteiger partial charge in [0.05, 0.1) is 251 Å². The van der Waals surface area contributed by atoms with E-state index in [4.69, 9.17) is 119 Å². The van der Waals surface area contributed by atoms with Crippen molar-refractivity contribution in [2.75, 3.05) is 264 Å². The third kappa shape index (κ3) is 92.2. The van der Waals surface area contributed by atoms with Crippen LogP contribution in [0.15, 0.2) is 0 Å². The minimum absolute atomic E-state index is 0.0678. The first-order chi connectivity index (χ1) is 48.4. The topological polar surface area (TPSA) is 351 Å². The summed E-state index contributed by atoms with van der Waals surface area (Å²) in [7, 11) is 0. The molecule has 0 unspecified atom stereocenters. The van der Waals surface area contributed by atoms with Gasteiger partial charge >= 0.3 is 30.3 Å². The standard InChI is InChI=1S/C32H63NO14.C28H56O12.C10H18O5/c1-31(2,3)46-29(35)7-11-37-15-17-40-19-21-42-23-25-44-27-28-45-26-24-43-22-20-41-18-16-39-13-9-33(8-12-38-14-10-34)30(36)47-32(4,5)6;1-28(2,3)40-27(30)7-11-33-14-16-35-18-20-37-22-24-39-26-25-38-23-21-36-19-17-34-15-13-32-10-6-4-5-9-31-12-8-29;1-9(2,3)14-7(11)13-8(12)15-10(4,5)6/h34H,7-28H2,1-6H3;29H,4-26H2,1-3H3;1-6H3. The molecule has 0 spiro atoms. The van der Waals surface area contributed by atoms with E-state index >= 15 is 0 Å². The molecule has 32 heteroatoms. The zero-order valence-corrected chi connectivity index (χ0v) is 65.0. The Kier molecular flexibility index (Phi) is 70.4. The van der Waals surface area contributed by atoms with E-state index in [0.29, 0.717) is 238 Å². The van der Waals surface area contributed by atoms with Crippen molar-refractivity contribution in [2.24, 2.45) is 0 Å². The Labute approximate surface area is 609 Å². The molecule has 0 fully saturated rings. The largest absolute Gasteiger partial charge is 0.519 e. The van der Waals surface area contributed by atoms with Crippen LogP contribution in [-0.2, 0) is 123 Å². The molecule has 0 rings (SSSR count). The lowest BCUT2D eigenvalue weighted by atomic mass is 10.2. The lowest BCUT2D eigenvalue weighted by molar-refractivity contribution is -0.157. The summed E-state index contributed by atoms with van der Waals surface area (Å²) in [6, 6.07) is 0. The molecule has 0 aromatic carbocycles. The predicted octanol–water partition coefficient (Wildman–Crippen LogP) is 7.00. The van der Waals surface area contributed by atoms with E-state index in [2.05, 4.69) is 4.74 Å². The molecular weight excluding hydrogens is 1350 g/mol. The third-order valence-electron chi connectivity index (χ3n) is 11.1. The van der Waals surface area contributed by atoms with Crippen molar-refractivity contribution in [3.8, 4) is 0 Å². The van der Waals surface area contributed by atoms with Crippen molar-refractivity contribution in [1.29, 1.82) is 0 Å². The third-order valence-corrected chi connectivity index (χ3v) is 11.1. The number of carbonyl (C=O) groups excluding carboxylic acids is 5. The van der Waals surface area contributed by atoms with Gasteiger partial charge in [-0.05, 0) is 123 Å². The number of ether oxygens (including phenoxy) is 24. The monoisotopic (exact) mass is 1490 g/mol. The van der Waals surface area contributed by atoms with E-state index in [0.717, 1.165) is 25.9 Å². The van der Waals surface area contributed by atoms with Crippen molar-refractivity contribution >= 4 is 30.3 Å². The summed E-state index contributed by atoms with van der Waals surface area (Å²) in [4.78, 5) is 59.0. The number of aliphatic hydroxyl groups is 2. The fraction of sp³-hybridized carbons (Fsp3) is 0.929. The zero-order chi connectivity index (χ0) is 76.8. The smallest absolute Gasteiger partial charge is 0.460 e. The van der Waals surface area contributed by atoms with E-state index in [1.54, 1.807) is 41.5 Å². The van der Waals surface area contributed by atoms with E-state index in [1.165, 1.54) is 4.90 Å². The van der Waals surface area contributed by atoms with Crippen LogP contribution in [0.5, 0.6) is 0 Å². The average Bonchev–Trinajstić information content (AvgIpc) is 0.913. The summed E-state index contributed by atoms with van der Waals surface area (Å²) in [5.41, 5.74) is -2.94. The van der Waals surface area contributed by atoms with Gasteiger partial charge in [-0.3, -0.25) is 9.59 Å². The number of hydrogen-bond acceptors (Lipinski definition) is 31. The Morgan fingerprint density at radius 1 is 0.235 bits per heavy atom. The predicted molar refractivity (Wildman–Crippen MR) is 375 cm³/mol. The number of unbranched alkanes of at least 4 members (excludes halogenated alkanes) is 2. The van der Waals surface area contributed by atoms with E-state index in [9.17, 15) is 24.0 Å². The Bertz CT molecular complexity index is 1860. The van der Waals surface area contributed by atoms with Crippen molar-refractivity contribution in [3.63, 3.8) is 0 Å². The van der Waals surface area contributed by atoms with Gasteiger partial charge in [-0.15, -0.1) is 0 Å². The number of rotatable bonds is 64. The van der Waals surface area contributed by atoms with Crippen LogP contribution in [0.1, 0.15) is 136 Å². The number of aliphatic hydroxyl groups excluding tert-OH is 2. The van der Waals surface area contributed by atoms with E-state index in [1.807, 2.05) is 62.3 Å². The van der Waals surface area contributed by atoms with Gasteiger partial charge in [0.15, 0.2) is 0 Å². The van der Waals surface area contributed by atoms with Gasteiger partial charge in [0.2, 0.25) is 0 Å². The van der Waals surface area contributed by atoms with Crippen LogP contribution in [0.4, 0.5) is 14.4 Å². The molecule has 0 aliphatic heterocycles. The molecule has 0 saturated carbocycles. The lowest BCUT2D eigenvalue weighted by Crippen LogP contribution is -2.40. The first-order valence-electron chi connectivity index (χ1n) is 35.6. The van der Waals surface area contributed by atoms with Gasteiger partial charge in [0.1, 0.15) is 28.0 Å². The average molecular weight is 1490 g/mol. The number of esters is 2. The number of hydrogen-bond donors (Lipinski definition) is 2. The molecule has 608 valence electrons. The van der Waals surface area contributed by atoms with E-state index in [-0.39, 0.29) is 44.6 Å². The van der Waals surface area contributed by atoms with Crippen LogP contribution in [0, 0.1) is 0 Å². The minimum Gasteiger partial charge on any atom is -0.460 e. The molecule has 0 saturated heterocycles. The van der Waals surface area contributed by atoms with Crippen LogP contribution in [-0.4, -0.2) is 338 Å². The van der Waals surface area contributed by atoms with Crippen LogP contribution in [0.2, 0.25) is 0 Å². The van der Waals surface area contributed by atoms with Gasteiger partial charge in [0, 0.05) is 26.3 Å². The highest BCUT2D eigenvalue weighted by atomic mass is 16.8. The molecule has 0 radical (unpaired) electrons. The summed E-state index contributed by atoms with van der Waals surface area (Å²) in [5.74, 6) is -0.535. The lowest BCUT2D eigenvalue weighted by Gasteiger charge is -2.27. The Morgan fingerprint density at radius 3 is 0.657 bits per heavy atom. The van der Waals surface area contributed by atoms with Crippen molar-refractivity contribution in [3.05, 3.63) is 0 Å². The molecule has 0 aliphatic carbocycles. The van der Waals surface area contributed by atoms with Gasteiger partial charge in [0.25, 0.3) is 0 Å². The molecule has 1 amide bonds. The first kappa shape index (κ1) is 102. The molecule has 0 aromatic heterocycles. The maximum absolute atomic E-state index is 12.4. The summed E-state index contributed by atoms with van der Waals surface area (Å²) < 4.78 is 127. The van der Waals surface area contributed by atoms with Gasteiger partial charge < -0.3 is 129 Å². The molecular formula is C70H137NO31. The Hall–Kier alpha value is -3.85. The SMILES string of the molecule is CC(C)(C)OC(=O)CCOCCOCCOCCOCCOCCOCCOCCOCCCCCOCCO.CC(C)(C)OC(=O)CCOCCOCCOCCOCCOCCOCCOCCOCCN(CCOCCO)C(=O)OC(C)(C)C.CC(C)(C)OC(=O)OC(=O)OC(C)(C)C. The second kappa shape index (κ2) is 70.2. The Balaban J connectivity index is -0.00000161. The molecule has 0 aromatic rings. The fourth-order valence-corrected chi connectivity index (χ4v) is 6.88. The minimum atomic E-state index is -1.06. The number of carbonyl (C=O) groups is 5. The van der Waals surface area contributed by atoms with Gasteiger partial charge in [-0.2, -0.15) is 0 Å². The van der Waals surface area contributed by atoms with Crippen molar-refractivity contribution in [2.45, 2.75) is 164 Å². The van der Waals surface area contributed by atoms with Gasteiger partial charge in [-0.25, -0.2) is 14.4 Å². The molecule has 0 heterocycles. The zero-order valence-electron chi connectivity index (χ0n) is 65.0. The summed E-state index contributed by atoms with van der Waals surface area (Å²) in [5, 5.41) is 17.4. The number of amides is 1. The molecule has 32 nitrogen and oxygen atoms in total. The fourth-order valence-electron chi connectivity index (χ4n) is 6.88. The van der Waals surface area contributed by atoms with Gasteiger partial charge in [-0.1, -0.05) is 0 Å². The van der Waals surface area contributed by atoms with Crippen LogP contribution in [0.3, 0.4) is 0 Å².